The monoisotopic (exact) mass is 420 g/mol. The maximum atomic E-state index is 12.8. The predicted molar refractivity (Wildman–Crippen MR) is 116 cm³/mol. The van der Waals surface area contributed by atoms with E-state index in [9.17, 15) is 9.59 Å². The number of hydrazone groups is 1. The van der Waals surface area contributed by atoms with Crippen LogP contribution >= 0.6 is 0 Å². The molecule has 0 radical (unpaired) electrons. The third-order valence-corrected chi connectivity index (χ3v) is 6.07. The standard InChI is InChI=1S/C24H24N2O5/c1-30-19-11-8-16(14-20(19)31-2)22-24(12-4-3-5-18(24)23(29)26-25-22)17-9-6-15(7-10-17)13-21(27)28/h3-4,6-11,14,18H,5,12-13H2,1-2H3,(H,26,29)(H,27,28)/t18-,24+/m1/s1. The fourth-order valence-electron chi connectivity index (χ4n) is 4.58. The lowest BCUT2D eigenvalue weighted by molar-refractivity contribution is -0.136. The van der Waals surface area contributed by atoms with Crippen LogP contribution in [-0.2, 0) is 21.4 Å². The number of carboxylic acid groups (broad SMARTS) is 1. The molecule has 2 N–H and O–H groups in total. The first-order valence-corrected chi connectivity index (χ1v) is 10.1. The molecular weight excluding hydrogens is 396 g/mol. The minimum absolute atomic E-state index is 0.0479. The molecule has 2 aromatic carbocycles. The topological polar surface area (TPSA) is 97.2 Å². The number of nitrogens with one attached hydrogen (secondary N) is 1. The Morgan fingerprint density at radius 1 is 1.13 bits per heavy atom. The number of benzene rings is 2. The number of hydrogen-bond donors (Lipinski definition) is 2. The summed E-state index contributed by atoms with van der Waals surface area (Å²) in [6.45, 7) is 0. The van der Waals surface area contributed by atoms with Crippen LogP contribution in [0, 0.1) is 5.92 Å². The molecule has 1 heterocycles. The van der Waals surface area contributed by atoms with Crippen molar-refractivity contribution >= 4 is 17.6 Å². The number of rotatable bonds is 6. The SMILES string of the molecule is COc1ccc(C2=NNC(=O)[C@H]3CC=CC[C@@]23c2ccc(CC(=O)O)cc2)cc1OC. The van der Waals surface area contributed by atoms with Crippen LogP contribution in [0.2, 0.25) is 0 Å². The van der Waals surface area contributed by atoms with E-state index in [1.54, 1.807) is 14.2 Å². The molecule has 160 valence electrons. The Morgan fingerprint density at radius 3 is 2.55 bits per heavy atom. The summed E-state index contributed by atoms with van der Waals surface area (Å²) >= 11 is 0. The van der Waals surface area contributed by atoms with Crippen LogP contribution in [0.15, 0.2) is 59.7 Å². The number of carbonyl (C=O) groups excluding carboxylic acids is 1. The number of aliphatic carboxylic acids is 1. The summed E-state index contributed by atoms with van der Waals surface area (Å²) in [6, 6.07) is 13.1. The Labute approximate surface area is 180 Å². The smallest absolute Gasteiger partial charge is 0.307 e. The number of ether oxygens (including phenoxy) is 2. The van der Waals surface area contributed by atoms with Gasteiger partial charge in [0.1, 0.15) is 0 Å². The van der Waals surface area contributed by atoms with Gasteiger partial charge >= 0.3 is 5.97 Å². The first-order chi connectivity index (χ1) is 15.0. The van der Waals surface area contributed by atoms with Gasteiger partial charge in [0.2, 0.25) is 5.91 Å². The molecule has 0 aromatic heterocycles. The molecule has 1 amide bonds. The summed E-state index contributed by atoms with van der Waals surface area (Å²) in [7, 11) is 3.16. The van der Waals surface area contributed by atoms with Crippen LogP contribution < -0.4 is 14.9 Å². The lowest BCUT2D eigenvalue weighted by atomic mass is 9.59. The summed E-state index contributed by atoms with van der Waals surface area (Å²) < 4.78 is 10.8. The number of amides is 1. The Kier molecular flexibility index (Phi) is 5.50. The lowest BCUT2D eigenvalue weighted by Crippen LogP contribution is -2.54. The molecule has 7 nitrogen and oxygen atoms in total. The second-order valence-electron chi connectivity index (χ2n) is 7.71. The van der Waals surface area contributed by atoms with E-state index in [0.717, 1.165) is 16.8 Å². The highest BCUT2D eigenvalue weighted by Crippen LogP contribution is 2.46. The van der Waals surface area contributed by atoms with Crippen molar-refractivity contribution in [1.82, 2.24) is 5.43 Å². The van der Waals surface area contributed by atoms with Gasteiger partial charge in [-0.25, -0.2) is 5.43 Å². The largest absolute Gasteiger partial charge is 0.493 e. The number of nitrogens with zero attached hydrogens (tertiary/aromatic N) is 1. The highest BCUT2D eigenvalue weighted by molar-refractivity contribution is 6.13. The van der Waals surface area contributed by atoms with Crippen molar-refractivity contribution in [3.8, 4) is 11.5 Å². The minimum atomic E-state index is -0.881. The molecule has 4 rings (SSSR count). The van der Waals surface area contributed by atoms with Gasteiger partial charge in [0.15, 0.2) is 11.5 Å². The van der Waals surface area contributed by atoms with Crippen LogP contribution in [0.1, 0.15) is 29.5 Å². The first kappa shape index (κ1) is 20.7. The van der Waals surface area contributed by atoms with E-state index < -0.39 is 11.4 Å². The van der Waals surface area contributed by atoms with Gasteiger partial charge in [-0.2, -0.15) is 5.10 Å². The Morgan fingerprint density at radius 2 is 1.87 bits per heavy atom. The van der Waals surface area contributed by atoms with Gasteiger partial charge in [0.05, 0.1) is 37.7 Å². The quantitative estimate of drug-likeness (QED) is 0.700. The van der Waals surface area contributed by atoms with Gasteiger partial charge < -0.3 is 14.6 Å². The molecule has 7 heteroatoms. The van der Waals surface area contributed by atoms with Crippen molar-refractivity contribution in [2.45, 2.75) is 24.7 Å². The van der Waals surface area contributed by atoms with Crippen LogP contribution in [0.4, 0.5) is 0 Å². The summed E-state index contributed by atoms with van der Waals surface area (Å²) in [5, 5.41) is 13.6. The summed E-state index contributed by atoms with van der Waals surface area (Å²) in [6.07, 6.45) is 5.26. The molecule has 1 aliphatic heterocycles. The van der Waals surface area contributed by atoms with Gasteiger partial charge in [-0.1, -0.05) is 36.4 Å². The second kappa shape index (κ2) is 8.26. The number of allylic oxidation sites excluding steroid dienone is 2. The zero-order valence-corrected chi connectivity index (χ0v) is 17.4. The van der Waals surface area contributed by atoms with Crippen molar-refractivity contribution < 1.29 is 24.2 Å². The number of methoxy groups -OCH3 is 2. The van der Waals surface area contributed by atoms with Crippen LogP contribution in [0.25, 0.3) is 0 Å². The zero-order valence-electron chi connectivity index (χ0n) is 17.4. The van der Waals surface area contributed by atoms with Gasteiger partial charge in [-0.15, -0.1) is 0 Å². The van der Waals surface area contributed by atoms with E-state index in [2.05, 4.69) is 16.6 Å². The molecule has 0 fully saturated rings. The molecule has 0 bridgehead atoms. The molecule has 0 saturated carbocycles. The number of carbonyl (C=O) groups is 2. The lowest BCUT2D eigenvalue weighted by Gasteiger charge is -2.45. The second-order valence-corrected chi connectivity index (χ2v) is 7.71. The molecular formula is C24H24N2O5. The van der Waals surface area contributed by atoms with Crippen LogP contribution in [0.3, 0.4) is 0 Å². The van der Waals surface area contributed by atoms with Gasteiger partial charge in [0.25, 0.3) is 0 Å². The van der Waals surface area contributed by atoms with Gasteiger partial charge in [-0.3, -0.25) is 9.59 Å². The fraction of sp³-hybridized carbons (Fsp3) is 0.292. The van der Waals surface area contributed by atoms with Crippen molar-refractivity contribution in [2.24, 2.45) is 11.0 Å². The van der Waals surface area contributed by atoms with Crippen LogP contribution in [-0.4, -0.2) is 36.9 Å². The Bertz CT molecular complexity index is 1070. The summed E-state index contributed by atoms with van der Waals surface area (Å²) in [5.41, 5.74) is 5.23. The van der Waals surface area contributed by atoms with E-state index >= 15 is 0 Å². The number of fused-ring (bicyclic) bond motifs is 1. The average molecular weight is 420 g/mol. The average Bonchev–Trinajstić information content (AvgIpc) is 2.79. The summed E-state index contributed by atoms with van der Waals surface area (Å²) in [4.78, 5) is 23.9. The highest BCUT2D eigenvalue weighted by atomic mass is 16.5. The third-order valence-electron chi connectivity index (χ3n) is 6.07. The molecule has 2 atom stereocenters. The van der Waals surface area contributed by atoms with E-state index in [4.69, 9.17) is 14.6 Å². The molecule has 2 aromatic rings. The fourth-order valence-corrected chi connectivity index (χ4v) is 4.58. The maximum Gasteiger partial charge on any atom is 0.307 e. The van der Waals surface area contributed by atoms with E-state index in [1.807, 2.05) is 48.5 Å². The normalized spacial score (nSPS) is 22.2. The third kappa shape index (κ3) is 3.56. The molecule has 1 aliphatic carbocycles. The van der Waals surface area contributed by atoms with Crippen molar-refractivity contribution in [1.29, 1.82) is 0 Å². The molecule has 0 unspecified atom stereocenters. The molecule has 2 aliphatic rings. The minimum Gasteiger partial charge on any atom is -0.493 e. The van der Waals surface area contributed by atoms with Gasteiger partial charge in [-0.05, 0) is 42.2 Å². The summed E-state index contributed by atoms with van der Waals surface area (Å²) in [5.74, 6) is -0.145. The van der Waals surface area contributed by atoms with E-state index in [1.165, 1.54) is 0 Å². The van der Waals surface area contributed by atoms with E-state index in [0.29, 0.717) is 29.9 Å². The predicted octanol–water partition coefficient (Wildman–Crippen LogP) is 3.07. The zero-order chi connectivity index (χ0) is 22.0. The number of carboxylic acids is 1. The van der Waals surface area contributed by atoms with Gasteiger partial charge in [0, 0.05) is 5.56 Å². The van der Waals surface area contributed by atoms with Crippen molar-refractivity contribution in [3.63, 3.8) is 0 Å². The molecule has 31 heavy (non-hydrogen) atoms. The molecule has 0 saturated heterocycles. The first-order valence-electron chi connectivity index (χ1n) is 10.1. The maximum absolute atomic E-state index is 12.8. The van der Waals surface area contributed by atoms with Crippen LogP contribution in [0.5, 0.6) is 11.5 Å². The Hall–Kier alpha value is -3.61. The highest BCUT2D eigenvalue weighted by Gasteiger charge is 2.51. The number of hydrogen-bond acceptors (Lipinski definition) is 5. The Balaban J connectivity index is 1.87. The van der Waals surface area contributed by atoms with Crippen molar-refractivity contribution in [3.05, 3.63) is 71.3 Å². The van der Waals surface area contributed by atoms with E-state index in [-0.39, 0.29) is 18.2 Å². The molecule has 0 spiro atoms. The van der Waals surface area contributed by atoms with Crippen molar-refractivity contribution in [2.75, 3.05) is 14.2 Å².